The lowest BCUT2D eigenvalue weighted by atomic mass is 10.1. The van der Waals surface area contributed by atoms with E-state index in [0.717, 1.165) is 0 Å². The average molecular weight is 149 g/mol. The Morgan fingerprint density at radius 3 is 2.91 bits per heavy atom. The quantitative estimate of drug-likeness (QED) is 0.644. The molecular formula is C10H15N. The third-order valence-electron chi connectivity index (χ3n) is 1.94. The highest BCUT2D eigenvalue weighted by Gasteiger charge is 1.94. The van der Waals surface area contributed by atoms with E-state index < -0.39 is 0 Å². The van der Waals surface area contributed by atoms with Gasteiger partial charge in [0.1, 0.15) is 0 Å². The van der Waals surface area contributed by atoms with Gasteiger partial charge in [0.05, 0.1) is 0 Å². The first-order valence-corrected chi connectivity index (χ1v) is 4.24. The lowest BCUT2D eigenvalue weighted by Crippen LogP contribution is -1.89. The van der Waals surface area contributed by atoms with Crippen molar-refractivity contribution in [2.24, 2.45) is 0 Å². The van der Waals surface area contributed by atoms with Gasteiger partial charge in [-0.25, -0.2) is 0 Å². The van der Waals surface area contributed by atoms with Crippen molar-refractivity contribution in [3.05, 3.63) is 29.6 Å². The molecule has 0 bridgehead atoms. The molecule has 1 aromatic heterocycles. The Bertz CT molecular complexity index is 218. The highest BCUT2D eigenvalue weighted by atomic mass is 14.6. The van der Waals surface area contributed by atoms with E-state index in [4.69, 9.17) is 0 Å². The lowest BCUT2D eigenvalue weighted by molar-refractivity contribution is 0.789. The Labute approximate surface area is 68.5 Å². The van der Waals surface area contributed by atoms with Gasteiger partial charge in [0.15, 0.2) is 0 Å². The number of pyridine rings is 1. The van der Waals surface area contributed by atoms with Gasteiger partial charge in [-0.3, -0.25) is 4.98 Å². The molecule has 0 N–H and O–H groups in total. The minimum Gasteiger partial charge on any atom is -0.264 e. The summed E-state index contributed by atoms with van der Waals surface area (Å²) in [5.41, 5.74) is 2.77. The third-order valence-corrected chi connectivity index (χ3v) is 1.94. The Kier molecular flexibility index (Phi) is 3.09. The molecule has 1 rings (SSSR count). The molecule has 0 saturated heterocycles. The van der Waals surface area contributed by atoms with Crippen LogP contribution in [0, 0.1) is 6.92 Å². The summed E-state index contributed by atoms with van der Waals surface area (Å²) in [6.45, 7) is 4.34. The second-order valence-corrected chi connectivity index (χ2v) is 2.91. The molecule has 0 aliphatic rings. The molecule has 1 heterocycles. The van der Waals surface area contributed by atoms with E-state index in [2.05, 4.69) is 24.9 Å². The number of nitrogens with zero attached hydrogens (tertiary/aromatic N) is 1. The number of hydrogen-bond donors (Lipinski definition) is 0. The van der Waals surface area contributed by atoms with Crippen LogP contribution in [0.5, 0.6) is 0 Å². The Balaban J connectivity index is 2.62. The molecule has 0 spiro atoms. The van der Waals surface area contributed by atoms with E-state index in [1.165, 1.54) is 30.4 Å². The third kappa shape index (κ3) is 2.34. The summed E-state index contributed by atoms with van der Waals surface area (Å²) in [7, 11) is 0. The van der Waals surface area contributed by atoms with E-state index in [9.17, 15) is 0 Å². The summed E-state index contributed by atoms with van der Waals surface area (Å²) < 4.78 is 0. The van der Waals surface area contributed by atoms with Crippen molar-refractivity contribution in [1.82, 2.24) is 4.98 Å². The smallest absolute Gasteiger partial charge is 0.0299 e. The van der Waals surface area contributed by atoms with Crippen molar-refractivity contribution in [3.8, 4) is 0 Å². The van der Waals surface area contributed by atoms with Crippen molar-refractivity contribution in [2.75, 3.05) is 0 Å². The first-order valence-electron chi connectivity index (χ1n) is 4.24. The zero-order valence-electron chi connectivity index (χ0n) is 7.30. The minimum absolute atomic E-state index is 1.20. The molecule has 1 nitrogen and oxygen atoms in total. The monoisotopic (exact) mass is 149 g/mol. The Hall–Kier alpha value is -0.850. The zero-order chi connectivity index (χ0) is 8.10. The highest BCUT2D eigenvalue weighted by Crippen LogP contribution is 2.08. The van der Waals surface area contributed by atoms with E-state index in [1.54, 1.807) is 0 Å². The molecular weight excluding hydrogens is 134 g/mol. The van der Waals surface area contributed by atoms with Gasteiger partial charge in [-0.2, -0.15) is 0 Å². The molecule has 0 atom stereocenters. The van der Waals surface area contributed by atoms with Gasteiger partial charge in [0.2, 0.25) is 0 Å². The number of aryl methyl sites for hydroxylation is 2. The molecule has 11 heavy (non-hydrogen) atoms. The summed E-state index contributed by atoms with van der Waals surface area (Å²) in [6.07, 6.45) is 7.56. The predicted molar refractivity (Wildman–Crippen MR) is 47.6 cm³/mol. The maximum absolute atomic E-state index is 4.05. The van der Waals surface area contributed by atoms with Gasteiger partial charge in [-0.1, -0.05) is 13.3 Å². The molecule has 0 aromatic carbocycles. The molecule has 0 saturated carbocycles. The van der Waals surface area contributed by atoms with Crippen LogP contribution >= 0.6 is 0 Å². The fraction of sp³-hybridized carbons (Fsp3) is 0.500. The molecule has 0 aliphatic heterocycles. The van der Waals surface area contributed by atoms with Gasteiger partial charge in [0.25, 0.3) is 0 Å². The van der Waals surface area contributed by atoms with Crippen molar-refractivity contribution in [3.63, 3.8) is 0 Å². The molecule has 1 heteroatoms. The van der Waals surface area contributed by atoms with Gasteiger partial charge >= 0.3 is 0 Å². The van der Waals surface area contributed by atoms with E-state index in [0.29, 0.717) is 0 Å². The SMILES string of the molecule is CCCCc1ccncc1C. The van der Waals surface area contributed by atoms with Gasteiger partial charge in [-0.15, -0.1) is 0 Å². The second kappa shape index (κ2) is 4.12. The fourth-order valence-corrected chi connectivity index (χ4v) is 1.15. The van der Waals surface area contributed by atoms with E-state index in [1.807, 2.05) is 12.4 Å². The first-order chi connectivity index (χ1) is 5.34. The second-order valence-electron chi connectivity index (χ2n) is 2.91. The fourth-order valence-electron chi connectivity index (χ4n) is 1.15. The number of aromatic nitrogens is 1. The lowest BCUT2D eigenvalue weighted by Gasteiger charge is -2.01. The maximum Gasteiger partial charge on any atom is 0.0299 e. The van der Waals surface area contributed by atoms with Crippen LogP contribution in [-0.4, -0.2) is 4.98 Å². The summed E-state index contributed by atoms with van der Waals surface area (Å²) in [4.78, 5) is 4.05. The molecule has 60 valence electrons. The average Bonchev–Trinajstić information content (AvgIpc) is 2.03. The maximum atomic E-state index is 4.05. The van der Waals surface area contributed by atoms with Crippen LogP contribution in [0.25, 0.3) is 0 Å². The summed E-state index contributed by atoms with van der Waals surface area (Å²) >= 11 is 0. The minimum atomic E-state index is 1.20. The standard InChI is InChI=1S/C10H15N/c1-3-4-5-10-6-7-11-8-9(10)2/h6-8H,3-5H2,1-2H3. The first kappa shape index (κ1) is 8.25. The van der Waals surface area contributed by atoms with E-state index in [-0.39, 0.29) is 0 Å². The topological polar surface area (TPSA) is 12.9 Å². The van der Waals surface area contributed by atoms with Crippen LogP contribution in [0.1, 0.15) is 30.9 Å². The number of unbranched alkanes of at least 4 members (excludes halogenated alkanes) is 1. The number of hydrogen-bond acceptors (Lipinski definition) is 1. The summed E-state index contributed by atoms with van der Waals surface area (Å²) in [5.74, 6) is 0. The normalized spacial score (nSPS) is 10.0. The number of rotatable bonds is 3. The zero-order valence-corrected chi connectivity index (χ0v) is 7.30. The van der Waals surface area contributed by atoms with Gasteiger partial charge in [-0.05, 0) is 37.0 Å². The van der Waals surface area contributed by atoms with Crippen LogP contribution < -0.4 is 0 Å². The van der Waals surface area contributed by atoms with Gasteiger partial charge < -0.3 is 0 Å². The van der Waals surface area contributed by atoms with Crippen molar-refractivity contribution >= 4 is 0 Å². The largest absolute Gasteiger partial charge is 0.264 e. The Morgan fingerprint density at radius 1 is 1.45 bits per heavy atom. The van der Waals surface area contributed by atoms with Crippen LogP contribution in [-0.2, 0) is 6.42 Å². The molecule has 0 fully saturated rings. The Morgan fingerprint density at radius 2 is 2.27 bits per heavy atom. The molecule has 0 unspecified atom stereocenters. The van der Waals surface area contributed by atoms with Crippen LogP contribution in [0.2, 0.25) is 0 Å². The van der Waals surface area contributed by atoms with Crippen molar-refractivity contribution in [2.45, 2.75) is 33.1 Å². The van der Waals surface area contributed by atoms with Crippen molar-refractivity contribution in [1.29, 1.82) is 0 Å². The van der Waals surface area contributed by atoms with Crippen LogP contribution in [0.15, 0.2) is 18.5 Å². The highest BCUT2D eigenvalue weighted by molar-refractivity contribution is 5.21. The predicted octanol–water partition coefficient (Wildman–Crippen LogP) is 2.73. The summed E-state index contributed by atoms with van der Waals surface area (Å²) in [5, 5.41) is 0. The van der Waals surface area contributed by atoms with Crippen LogP contribution in [0.4, 0.5) is 0 Å². The molecule has 0 radical (unpaired) electrons. The van der Waals surface area contributed by atoms with Gasteiger partial charge in [0, 0.05) is 12.4 Å². The molecule has 1 aromatic rings. The van der Waals surface area contributed by atoms with Crippen molar-refractivity contribution < 1.29 is 0 Å². The molecule has 0 amide bonds. The molecule has 0 aliphatic carbocycles. The van der Waals surface area contributed by atoms with E-state index >= 15 is 0 Å². The van der Waals surface area contributed by atoms with Crippen LogP contribution in [0.3, 0.4) is 0 Å². The summed E-state index contributed by atoms with van der Waals surface area (Å²) in [6, 6.07) is 2.12.